The lowest BCUT2D eigenvalue weighted by atomic mass is 9.96. The predicted molar refractivity (Wildman–Crippen MR) is 77.1 cm³/mol. The molecule has 0 saturated heterocycles. The zero-order valence-electron chi connectivity index (χ0n) is 11.8. The fourth-order valence-corrected chi connectivity index (χ4v) is 2.09. The highest BCUT2D eigenvalue weighted by atomic mass is 16.5. The van der Waals surface area contributed by atoms with Gasteiger partial charge in [0.05, 0.1) is 31.3 Å². The fourth-order valence-electron chi connectivity index (χ4n) is 2.09. The van der Waals surface area contributed by atoms with Crippen molar-refractivity contribution in [2.45, 2.75) is 25.4 Å². The second-order valence-electron chi connectivity index (χ2n) is 4.98. The van der Waals surface area contributed by atoms with Gasteiger partial charge in [-0.3, -0.25) is 4.98 Å². The number of benzene rings is 1. The summed E-state index contributed by atoms with van der Waals surface area (Å²) >= 11 is 0. The average Bonchev–Trinajstić information content (AvgIpc) is 2.51. The molecule has 108 valence electrons. The Hall–Kier alpha value is -2.43. The zero-order valence-corrected chi connectivity index (χ0v) is 11.8. The van der Waals surface area contributed by atoms with Gasteiger partial charge in [0.15, 0.2) is 5.69 Å². The third-order valence-corrected chi connectivity index (χ3v) is 3.53. The molecular formula is C16H16N2O3. The van der Waals surface area contributed by atoms with Crippen LogP contribution in [0.5, 0.6) is 5.75 Å². The van der Waals surface area contributed by atoms with Gasteiger partial charge in [0.2, 0.25) is 0 Å². The van der Waals surface area contributed by atoms with Crippen LogP contribution in [0.2, 0.25) is 0 Å². The number of ether oxygens (including phenoxy) is 2. The summed E-state index contributed by atoms with van der Waals surface area (Å²) in [6, 6.07) is 7.67. The van der Waals surface area contributed by atoms with Gasteiger partial charge >= 0.3 is 5.97 Å². The maximum atomic E-state index is 11.5. The number of nitrogens with zero attached hydrogens (tertiary/aromatic N) is 2. The normalized spacial score (nSPS) is 14.3. The first kappa shape index (κ1) is 13.5. The van der Waals surface area contributed by atoms with Crippen molar-refractivity contribution in [3.8, 4) is 17.0 Å². The second kappa shape index (κ2) is 5.91. The van der Waals surface area contributed by atoms with Crippen LogP contribution in [0.25, 0.3) is 11.3 Å². The Morgan fingerprint density at radius 2 is 1.95 bits per heavy atom. The second-order valence-corrected chi connectivity index (χ2v) is 4.98. The minimum Gasteiger partial charge on any atom is -0.490 e. The van der Waals surface area contributed by atoms with Gasteiger partial charge in [-0.2, -0.15) is 0 Å². The number of methoxy groups -OCH3 is 1. The SMILES string of the molecule is COC(=O)c1cncc(-c2ccc(OC3CCC3)cc2)n1. The van der Waals surface area contributed by atoms with Crippen LogP contribution < -0.4 is 4.74 Å². The molecular weight excluding hydrogens is 268 g/mol. The molecule has 0 amide bonds. The van der Waals surface area contributed by atoms with Crippen molar-refractivity contribution in [3.05, 3.63) is 42.4 Å². The van der Waals surface area contributed by atoms with E-state index in [1.54, 1.807) is 6.20 Å². The summed E-state index contributed by atoms with van der Waals surface area (Å²) in [4.78, 5) is 19.7. The van der Waals surface area contributed by atoms with Gasteiger partial charge in [0, 0.05) is 5.56 Å². The molecule has 21 heavy (non-hydrogen) atoms. The van der Waals surface area contributed by atoms with Crippen LogP contribution in [-0.2, 0) is 4.74 Å². The van der Waals surface area contributed by atoms with E-state index in [2.05, 4.69) is 14.7 Å². The van der Waals surface area contributed by atoms with E-state index in [-0.39, 0.29) is 5.69 Å². The first-order chi connectivity index (χ1) is 10.3. The maximum Gasteiger partial charge on any atom is 0.358 e. The van der Waals surface area contributed by atoms with Gasteiger partial charge in [-0.1, -0.05) is 0 Å². The summed E-state index contributed by atoms with van der Waals surface area (Å²) in [5.41, 5.74) is 1.71. The predicted octanol–water partition coefficient (Wildman–Crippen LogP) is 2.86. The minimum absolute atomic E-state index is 0.199. The minimum atomic E-state index is -0.491. The van der Waals surface area contributed by atoms with Crippen molar-refractivity contribution in [1.29, 1.82) is 0 Å². The van der Waals surface area contributed by atoms with Crippen molar-refractivity contribution in [2.24, 2.45) is 0 Å². The van der Waals surface area contributed by atoms with Crippen LogP contribution in [0, 0.1) is 0 Å². The van der Waals surface area contributed by atoms with Gasteiger partial charge in [0.1, 0.15) is 5.75 Å². The van der Waals surface area contributed by atoms with Crippen LogP contribution >= 0.6 is 0 Å². The molecule has 0 radical (unpaired) electrons. The van der Waals surface area contributed by atoms with E-state index in [4.69, 9.17) is 4.74 Å². The van der Waals surface area contributed by atoms with E-state index in [1.165, 1.54) is 19.7 Å². The Morgan fingerprint density at radius 1 is 1.19 bits per heavy atom. The molecule has 2 aromatic rings. The quantitative estimate of drug-likeness (QED) is 0.808. The highest BCUT2D eigenvalue weighted by Gasteiger charge is 2.19. The molecule has 1 aliphatic rings. The van der Waals surface area contributed by atoms with Gasteiger partial charge < -0.3 is 9.47 Å². The molecule has 5 heteroatoms. The third-order valence-electron chi connectivity index (χ3n) is 3.53. The van der Waals surface area contributed by atoms with Crippen LogP contribution in [-0.4, -0.2) is 29.2 Å². The smallest absolute Gasteiger partial charge is 0.358 e. The summed E-state index contributed by atoms with van der Waals surface area (Å²) in [6.45, 7) is 0. The molecule has 0 aliphatic heterocycles. The van der Waals surface area contributed by atoms with Gasteiger partial charge in [-0.15, -0.1) is 0 Å². The van der Waals surface area contributed by atoms with Crippen molar-refractivity contribution in [2.75, 3.05) is 7.11 Å². The summed E-state index contributed by atoms with van der Waals surface area (Å²) in [5, 5.41) is 0. The van der Waals surface area contributed by atoms with Crippen molar-refractivity contribution >= 4 is 5.97 Å². The topological polar surface area (TPSA) is 61.3 Å². The molecule has 0 unspecified atom stereocenters. The Bertz CT molecular complexity index is 636. The highest BCUT2D eigenvalue weighted by Crippen LogP contribution is 2.26. The largest absolute Gasteiger partial charge is 0.490 e. The lowest BCUT2D eigenvalue weighted by Gasteiger charge is -2.26. The van der Waals surface area contributed by atoms with E-state index >= 15 is 0 Å². The molecule has 0 bridgehead atoms. The average molecular weight is 284 g/mol. The van der Waals surface area contributed by atoms with Crippen LogP contribution in [0.4, 0.5) is 0 Å². The Morgan fingerprint density at radius 3 is 2.57 bits per heavy atom. The van der Waals surface area contributed by atoms with Crippen molar-refractivity contribution < 1.29 is 14.3 Å². The molecule has 5 nitrogen and oxygen atoms in total. The van der Waals surface area contributed by atoms with Crippen molar-refractivity contribution in [1.82, 2.24) is 9.97 Å². The molecule has 0 N–H and O–H groups in total. The lowest BCUT2D eigenvalue weighted by molar-refractivity contribution is 0.0593. The number of carbonyl (C=O) groups is 1. The molecule has 3 rings (SSSR count). The number of hydrogen-bond acceptors (Lipinski definition) is 5. The molecule has 1 aromatic carbocycles. The van der Waals surface area contributed by atoms with Crippen LogP contribution in [0.15, 0.2) is 36.7 Å². The van der Waals surface area contributed by atoms with Gasteiger partial charge in [-0.25, -0.2) is 9.78 Å². The Balaban J connectivity index is 1.78. The van der Waals surface area contributed by atoms with Crippen LogP contribution in [0.3, 0.4) is 0 Å². The number of hydrogen-bond donors (Lipinski definition) is 0. The van der Waals surface area contributed by atoms with E-state index in [1.807, 2.05) is 24.3 Å². The lowest BCUT2D eigenvalue weighted by Crippen LogP contribution is -2.24. The van der Waals surface area contributed by atoms with Crippen LogP contribution in [0.1, 0.15) is 29.8 Å². The monoisotopic (exact) mass is 284 g/mol. The number of rotatable bonds is 4. The standard InChI is InChI=1S/C16H16N2O3/c1-20-16(19)15-10-17-9-14(18-15)11-5-7-13(8-6-11)21-12-3-2-4-12/h5-10,12H,2-4H2,1H3. The van der Waals surface area contributed by atoms with E-state index in [0.29, 0.717) is 11.8 Å². The number of esters is 1. The summed E-state index contributed by atoms with van der Waals surface area (Å²) in [5.74, 6) is 0.370. The van der Waals surface area contributed by atoms with Gasteiger partial charge in [0.25, 0.3) is 0 Å². The number of aromatic nitrogens is 2. The first-order valence-electron chi connectivity index (χ1n) is 6.94. The van der Waals surface area contributed by atoms with E-state index in [0.717, 1.165) is 24.2 Å². The van der Waals surface area contributed by atoms with E-state index in [9.17, 15) is 4.79 Å². The summed E-state index contributed by atoms with van der Waals surface area (Å²) < 4.78 is 10.5. The molecule has 1 fully saturated rings. The Kier molecular flexibility index (Phi) is 3.81. The van der Waals surface area contributed by atoms with E-state index < -0.39 is 5.97 Å². The number of carbonyl (C=O) groups excluding carboxylic acids is 1. The van der Waals surface area contributed by atoms with Gasteiger partial charge in [-0.05, 0) is 43.5 Å². The molecule has 1 aromatic heterocycles. The zero-order chi connectivity index (χ0) is 14.7. The third kappa shape index (κ3) is 3.02. The molecule has 0 spiro atoms. The maximum absolute atomic E-state index is 11.5. The molecule has 1 saturated carbocycles. The Labute approximate surface area is 123 Å². The first-order valence-corrected chi connectivity index (χ1v) is 6.94. The fraction of sp³-hybridized carbons (Fsp3) is 0.312. The molecule has 1 aliphatic carbocycles. The molecule has 0 atom stereocenters. The van der Waals surface area contributed by atoms with Crippen molar-refractivity contribution in [3.63, 3.8) is 0 Å². The molecule has 1 heterocycles. The summed E-state index contributed by atoms with van der Waals surface area (Å²) in [7, 11) is 1.32. The summed E-state index contributed by atoms with van der Waals surface area (Å²) in [6.07, 6.45) is 6.89. The highest BCUT2D eigenvalue weighted by molar-refractivity contribution is 5.87.